The normalized spacial score (nSPS) is 24.9. The first-order valence-corrected chi connectivity index (χ1v) is 6.22. The Labute approximate surface area is 97.1 Å². The van der Waals surface area contributed by atoms with Crippen molar-refractivity contribution < 1.29 is 4.39 Å². The van der Waals surface area contributed by atoms with Crippen LogP contribution in [0.25, 0.3) is 0 Å². The molecule has 0 fully saturated rings. The SMILES string of the molecule is CCCC1NCC(C)Cc2ccc(F)cc21. The molecule has 1 N–H and O–H groups in total. The van der Waals surface area contributed by atoms with Crippen molar-refractivity contribution in [3.05, 3.63) is 35.1 Å². The molecule has 1 aromatic rings. The topological polar surface area (TPSA) is 12.0 Å². The van der Waals surface area contributed by atoms with E-state index in [1.807, 2.05) is 6.07 Å². The average Bonchev–Trinajstić information content (AvgIpc) is 2.40. The quantitative estimate of drug-likeness (QED) is 0.806. The highest BCUT2D eigenvalue weighted by molar-refractivity contribution is 5.32. The molecule has 16 heavy (non-hydrogen) atoms. The van der Waals surface area contributed by atoms with Gasteiger partial charge in [-0.3, -0.25) is 0 Å². The van der Waals surface area contributed by atoms with Gasteiger partial charge in [-0.25, -0.2) is 4.39 Å². The minimum Gasteiger partial charge on any atom is -0.310 e. The van der Waals surface area contributed by atoms with Gasteiger partial charge in [0.2, 0.25) is 0 Å². The average molecular weight is 221 g/mol. The fourth-order valence-corrected chi connectivity index (χ4v) is 2.52. The summed E-state index contributed by atoms with van der Waals surface area (Å²) in [6.07, 6.45) is 3.27. The van der Waals surface area contributed by atoms with Gasteiger partial charge in [-0.2, -0.15) is 0 Å². The maximum Gasteiger partial charge on any atom is 0.123 e. The molecule has 0 bridgehead atoms. The van der Waals surface area contributed by atoms with Crippen molar-refractivity contribution >= 4 is 0 Å². The molecule has 2 heteroatoms. The van der Waals surface area contributed by atoms with E-state index in [2.05, 4.69) is 19.2 Å². The molecule has 1 heterocycles. The second-order valence-electron chi connectivity index (χ2n) is 4.90. The number of benzene rings is 1. The first-order valence-electron chi connectivity index (χ1n) is 6.22. The first-order chi connectivity index (χ1) is 7.70. The van der Waals surface area contributed by atoms with Crippen molar-refractivity contribution in [1.29, 1.82) is 0 Å². The number of halogens is 1. The predicted molar refractivity (Wildman–Crippen MR) is 64.9 cm³/mol. The fraction of sp³-hybridized carbons (Fsp3) is 0.571. The minimum atomic E-state index is -0.115. The van der Waals surface area contributed by atoms with Crippen LogP contribution in [0.2, 0.25) is 0 Å². The third-order valence-corrected chi connectivity index (χ3v) is 3.34. The Kier molecular flexibility index (Phi) is 3.59. The van der Waals surface area contributed by atoms with Gasteiger partial charge in [0.05, 0.1) is 0 Å². The summed E-state index contributed by atoms with van der Waals surface area (Å²) in [6.45, 7) is 5.45. The van der Waals surface area contributed by atoms with E-state index in [1.54, 1.807) is 12.1 Å². The molecule has 0 saturated carbocycles. The largest absolute Gasteiger partial charge is 0.310 e. The van der Waals surface area contributed by atoms with Crippen LogP contribution in [0.15, 0.2) is 18.2 Å². The van der Waals surface area contributed by atoms with E-state index < -0.39 is 0 Å². The molecule has 1 aliphatic heterocycles. The summed E-state index contributed by atoms with van der Waals surface area (Å²) in [5.41, 5.74) is 2.49. The Hall–Kier alpha value is -0.890. The summed E-state index contributed by atoms with van der Waals surface area (Å²) in [5, 5.41) is 3.55. The zero-order valence-corrected chi connectivity index (χ0v) is 10.1. The van der Waals surface area contributed by atoms with Gasteiger partial charge in [0, 0.05) is 6.04 Å². The fourth-order valence-electron chi connectivity index (χ4n) is 2.52. The molecule has 2 atom stereocenters. The van der Waals surface area contributed by atoms with E-state index in [-0.39, 0.29) is 5.82 Å². The smallest absolute Gasteiger partial charge is 0.123 e. The summed E-state index contributed by atoms with van der Waals surface area (Å²) in [6, 6.07) is 5.58. The monoisotopic (exact) mass is 221 g/mol. The van der Waals surface area contributed by atoms with Gasteiger partial charge >= 0.3 is 0 Å². The minimum absolute atomic E-state index is 0.115. The number of nitrogens with one attached hydrogen (secondary N) is 1. The van der Waals surface area contributed by atoms with Crippen LogP contribution in [0.3, 0.4) is 0 Å². The Morgan fingerprint density at radius 3 is 3.00 bits per heavy atom. The Morgan fingerprint density at radius 2 is 2.25 bits per heavy atom. The molecule has 0 aliphatic carbocycles. The summed E-state index contributed by atoms with van der Waals surface area (Å²) in [5.74, 6) is 0.516. The van der Waals surface area contributed by atoms with Crippen molar-refractivity contribution in [1.82, 2.24) is 5.32 Å². The van der Waals surface area contributed by atoms with Crippen molar-refractivity contribution in [2.45, 2.75) is 39.2 Å². The van der Waals surface area contributed by atoms with Crippen LogP contribution in [0, 0.1) is 11.7 Å². The lowest BCUT2D eigenvalue weighted by molar-refractivity contribution is 0.454. The van der Waals surface area contributed by atoms with E-state index in [0.29, 0.717) is 12.0 Å². The second-order valence-corrected chi connectivity index (χ2v) is 4.90. The molecule has 0 spiro atoms. The van der Waals surface area contributed by atoms with Crippen LogP contribution in [0.1, 0.15) is 43.9 Å². The molecule has 0 amide bonds. The third-order valence-electron chi connectivity index (χ3n) is 3.34. The maximum atomic E-state index is 13.3. The Balaban J connectivity index is 2.35. The molecule has 1 aromatic carbocycles. The van der Waals surface area contributed by atoms with Crippen molar-refractivity contribution in [3.8, 4) is 0 Å². The summed E-state index contributed by atoms with van der Waals surface area (Å²) >= 11 is 0. The standard InChI is InChI=1S/C14H20FN/c1-3-4-14-13-8-12(15)6-5-11(13)7-10(2)9-16-14/h5-6,8,10,14,16H,3-4,7,9H2,1-2H3. The molecule has 0 radical (unpaired) electrons. The van der Waals surface area contributed by atoms with Crippen LogP contribution >= 0.6 is 0 Å². The van der Waals surface area contributed by atoms with Crippen LogP contribution in [-0.4, -0.2) is 6.54 Å². The van der Waals surface area contributed by atoms with E-state index in [4.69, 9.17) is 0 Å². The lowest BCUT2D eigenvalue weighted by Gasteiger charge is -2.18. The number of rotatable bonds is 2. The predicted octanol–water partition coefficient (Wildman–Crippen LogP) is 3.45. The molecular weight excluding hydrogens is 201 g/mol. The van der Waals surface area contributed by atoms with Crippen molar-refractivity contribution in [2.24, 2.45) is 5.92 Å². The highest BCUT2D eigenvalue weighted by Gasteiger charge is 2.20. The molecule has 1 aliphatic rings. The molecule has 1 nitrogen and oxygen atoms in total. The molecule has 2 rings (SSSR count). The highest BCUT2D eigenvalue weighted by atomic mass is 19.1. The Morgan fingerprint density at radius 1 is 1.44 bits per heavy atom. The molecule has 0 aromatic heterocycles. The van der Waals surface area contributed by atoms with Crippen LogP contribution in [-0.2, 0) is 6.42 Å². The number of hydrogen-bond donors (Lipinski definition) is 1. The van der Waals surface area contributed by atoms with Crippen LogP contribution < -0.4 is 5.32 Å². The molecule has 88 valence electrons. The Bertz CT molecular complexity index is 362. The zero-order valence-electron chi connectivity index (χ0n) is 10.1. The number of fused-ring (bicyclic) bond motifs is 1. The van der Waals surface area contributed by atoms with Crippen molar-refractivity contribution in [3.63, 3.8) is 0 Å². The van der Waals surface area contributed by atoms with E-state index in [0.717, 1.165) is 25.8 Å². The first kappa shape index (κ1) is 11.6. The molecular formula is C14H20FN. The zero-order chi connectivity index (χ0) is 11.5. The summed E-state index contributed by atoms with van der Waals surface area (Å²) < 4.78 is 13.3. The summed E-state index contributed by atoms with van der Waals surface area (Å²) in [4.78, 5) is 0. The molecule has 0 saturated heterocycles. The highest BCUT2D eigenvalue weighted by Crippen LogP contribution is 2.28. The van der Waals surface area contributed by atoms with Gasteiger partial charge in [0.15, 0.2) is 0 Å². The molecule has 2 unspecified atom stereocenters. The van der Waals surface area contributed by atoms with Gasteiger partial charge in [-0.15, -0.1) is 0 Å². The second kappa shape index (κ2) is 4.96. The lowest BCUT2D eigenvalue weighted by atomic mass is 9.94. The number of hydrogen-bond acceptors (Lipinski definition) is 1. The van der Waals surface area contributed by atoms with Gasteiger partial charge in [-0.1, -0.05) is 26.3 Å². The van der Waals surface area contributed by atoms with Gasteiger partial charge in [-0.05, 0) is 48.6 Å². The van der Waals surface area contributed by atoms with E-state index in [9.17, 15) is 4.39 Å². The van der Waals surface area contributed by atoms with Gasteiger partial charge < -0.3 is 5.32 Å². The van der Waals surface area contributed by atoms with E-state index in [1.165, 1.54) is 11.1 Å². The van der Waals surface area contributed by atoms with Crippen LogP contribution in [0.5, 0.6) is 0 Å². The van der Waals surface area contributed by atoms with Crippen LogP contribution in [0.4, 0.5) is 4.39 Å². The van der Waals surface area contributed by atoms with Crippen molar-refractivity contribution in [2.75, 3.05) is 6.54 Å². The summed E-state index contributed by atoms with van der Waals surface area (Å²) in [7, 11) is 0. The lowest BCUT2D eigenvalue weighted by Crippen LogP contribution is -2.24. The third kappa shape index (κ3) is 2.43. The van der Waals surface area contributed by atoms with Gasteiger partial charge in [0.25, 0.3) is 0 Å². The maximum absolute atomic E-state index is 13.3. The van der Waals surface area contributed by atoms with E-state index >= 15 is 0 Å². The van der Waals surface area contributed by atoms with Gasteiger partial charge in [0.1, 0.15) is 5.82 Å².